The van der Waals surface area contributed by atoms with Crippen LogP contribution >= 0.6 is 0 Å². The number of methoxy groups -OCH3 is 1. The smallest absolute Gasteiger partial charge is 0.413 e. The van der Waals surface area contributed by atoms with Crippen molar-refractivity contribution in [3.05, 3.63) is 89.6 Å². The molecular formula is C29H33N3O7. The Morgan fingerprint density at radius 3 is 2.13 bits per heavy atom. The number of carbonyl (C=O) groups excluding carboxylic acids is 3. The quantitative estimate of drug-likeness (QED) is 0.270. The molecule has 1 heterocycles. The highest BCUT2D eigenvalue weighted by Gasteiger charge is 2.23. The molecule has 2 aromatic carbocycles. The van der Waals surface area contributed by atoms with Gasteiger partial charge in [-0.25, -0.2) is 19.4 Å². The van der Waals surface area contributed by atoms with Crippen molar-refractivity contribution in [2.75, 3.05) is 19.0 Å². The summed E-state index contributed by atoms with van der Waals surface area (Å²) in [6.45, 7) is 5.40. The molecule has 1 aromatic heterocycles. The summed E-state index contributed by atoms with van der Waals surface area (Å²) in [6.07, 6.45) is -0.874. The summed E-state index contributed by atoms with van der Waals surface area (Å²) in [5, 5.41) is 5.32. The van der Waals surface area contributed by atoms with E-state index in [4.69, 9.17) is 18.9 Å². The molecule has 0 aliphatic rings. The molecule has 2 amide bonds. The third-order valence-electron chi connectivity index (χ3n) is 5.17. The molecule has 39 heavy (non-hydrogen) atoms. The fraction of sp³-hybridized carbons (Fsp3) is 0.310. The first-order valence-corrected chi connectivity index (χ1v) is 12.4. The number of nitrogens with zero attached hydrogens (tertiary/aromatic N) is 1. The minimum absolute atomic E-state index is 0.00566. The van der Waals surface area contributed by atoms with Gasteiger partial charge in [0.25, 0.3) is 0 Å². The van der Waals surface area contributed by atoms with Gasteiger partial charge in [-0.05, 0) is 50.5 Å². The van der Waals surface area contributed by atoms with E-state index in [2.05, 4.69) is 15.6 Å². The van der Waals surface area contributed by atoms with Crippen molar-refractivity contribution >= 4 is 24.0 Å². The Kier molecular flexibility index (Phi) is 10.3. The first kappa shape index (κ1) is 29.0. The average molecular weight is 536 g/mol. The average Bonchev–Trinajstić information content (AvgIpc) is 2.90. The van der Waals surface area contributed by atoms with Crippen LogP contribution in [-0.4, -0.2) is 48.5 Å². The lowest BCUT2D eigenvalue weighted by atomic mass is 10.1. The van der Waals surface area contributed by atoms with Crippen LogP contribution in [0.4, 0.5) is 15.4 Å². The molecule has 10 heteroatoms. The highest BCUT2D eigenvalue weighted by molar-refractivity contribution is 5.92. The summed E-state index contributed by atoms with van der Waals surface area (Å²) in [6, 6.07) is 21.2. The summed E-state index contributed by atoms with van der Waals surface area (Å²) in [4.78, 5) is 41.3. The Bertz CT molecular complexity index is 1240. The standard InChI is InChI=1S/C29H33N3O7/c1-29(2,3)39-28(35)30-22(17-20-11-7-5-8-12-20)19-37-23-15-16-24(31-25(23)26(33)36-4)32-27(34)38-18-21-13-9-6-10-14-21/h5-16,22H,17-19H2,1-4H3,(H,30,35)(H,31,32,34)/t22-/m1/s1. The van der Waals surface area contributed by atoms with E-state index >= 15 is 0 Å². The second-order valence-electron chi connectivity index (χ2n) is 9.57. The predicted molar refractivity (Wildman–Crippen MR) is 145 cm³/mol. The van der Waals surface area contributed by atoms with Gasteiger partial charge in [-0.15, -0.1) is 0 Å². The van der Waals surface area contributed by atoms with Crippen LogP contribution in [0, 0.1) is 0 Å². The number of hydrogen-bond acceptors (Lipinski definition) is 8. The van der Waals surface area contributed by atoms with Gasteiger partial charge < -0.3 is 24.3 Å². The Hall–Kier alpha value is -4.60. The molecule has 206 valence electrons. The van der Waals surface area contributed by atoms with Crippen molar-refractivity contribution in [2.45, 2.75) is 45.4 Å². The zero-order chi connectivity index (χ0) is 28.3. The van der Waals surface area contributed by atoms with Crippen LogP contribution in [0.25, 0.3) is 0 Å². The predicted octanol–water partition coefficient (Wildman–Crippen LogP) is 5.13. The third kappa shape index (κ3) is 9.99. The molecule has 1 atom stereocenters. The van der Waals surface area contributed by atoms with Crippen LogP contribution in [0.1, 0.15) is 42.4 Å². The summed E-state index contributed by atoms with van der Waals surface area (Å²) in [5.74, 6) is -0.561. The fourth-order valence-corrected chi connectivity index (χ4v) is 3.45. The van der Waals surface area contributed by atoms with Crippen LogP contribution in [0.5, 0.6) is 5.75 Å². The van der Waals surface area contributed by atoms with Crippen LogP contribution in [0.2, 0.25) is 0 Å². The maximum Gasteiger partial charge on any atom is 0.413 e. The fourth-order valence-electron chi connectivity index (χ4n) is 3.45. The summed E-state index contributed by atoms with van der Waals surface area (Å²) < 4.78 is 21.4. The first-order valence-electron chi connectivity index (χ1n) is 12.4. The van der Waals surface area contributed by atoms with Crippen molar-refractivity contribution in [1.29, 1.82) is 0 Å². The van der Waals surface area contributed by atoms with Gasteiger partial charge in [0.05, 0.1) is 13.2 Å². The number of hydrogen-bond donors (Lipinski definition) is 2. The minimum Gasteiger partial charge on any atom is -0.489 e. The maximum absolute atomic E-state index is 12.5. The molecule has 2 N–H and O–H groups in total. The number of esters is 1. The van der Waals surface area contributed by atoms with Crippen molar-refractivity contribution in [3.63, 3.8) is 0 Å². The van der Waals surface area contributed by atoms with E-state index in [0.717, 1.165) is 11.1 Å². The number of anilines is 1. The van der Waals surface area contributed by atoms with Crippen molar-refractivity contribution < 1.29 is 33.3 Å². The number of ether oxygens (including phenoxy) is 4. The van der Waals surface area contributed by atoms with Gasteiger partial charge in [-0.2, -0.15) is 0 Å². The molecule has 0 radical (unpaired) electrons. The lowest BCUT2D eigenvalue weighted by Crippen LogP contribution is -2.43. The van der Waals surface area contributed by atoms with Crippen LogP contribution in [-0.2, 0) is 27.2 Å². The first-order chi connectivity index (χ1) is 18.6. The van der Waals surface area contributed by atoms with Gasteiger partial charge in [0.15, 0.2) is 11.4 Å². The summed E-state index contributed by atoms with van der Waals surface area (Å²) in [5.41, 5.74) is 0.982. The number of pyridine rings is 1. The lowest BCUT2D eigenvalue weighted by Gasteiger charge is -2.24. The lowest BCUT2D eigenvalue weighted by molar-refractivity contribution is 0.0483. The molecule has 3 aromatic rings. The Labute approximate surface area is 227 Å². The molecule has 0 fully saturated rings. The Balaban J connectivity index is 1.70. The number of rotatable bonds is 10. The monoisotopic (exact) mass is 535 g/mol. The molecule has 0 spiro atoms. The number of benzene rings is 2. The van der Waals surface area contributed by atoms with Gasteiger partial charge in [0.1, 0.15) is 24.6 Å². The van der Waals surface area contributed by atoms with E-state index in [-0.39, 0.29) is 30.5 Å². The highest BCUT2D eigenvalue weighted by Crippen LogP contribution is 2.21. The van der Waals surface area contributed by atoms with E-state index in [0.29, 0.717) is 6.42 Å². The molecule has 0 saturated carbocycles. The maximum atomic E-state index is 12.5. The number of nitrogens with one attached hydrogen (secondary N) is 2. The van der Waals surface area contributed by atoms with Gasteiger partial charge >= 0.3 is 18.2 Å². The highest BCUT2D eigenvalue weighted by atomic mass is 16.6. The molecule has 0 aliphatic carbocycles. The number of aromatic nitrogens is 1. The van der Waals surface area contributed by atoms with E-state index in [1.165, 1.54) is 19.2 Å². The van der Waals surface area contributed by atoms with E-state index in [1.54, 1.807) is 20.8 Å². The Morgan fingerprint density at radius 2 is 1.51 bits per heavy atom. The van der Waals surface area contributed by atoms with Gasteiger partial charge in [0.2, 0.25) is 0 Å². The third-order valence-corrected chi connectivity index (χ3v) is 5.17. The van der Waals surface area contributed by atoms with E-state index in [9.17, 15) is 14.4 Å². The summed E-state index contributed by atoms with van der Waals surface area (Å²) in [7, 11) is 1.21. The molecule has 0 saturated heterocycles. The van der Waals surface area contributed by atoms with Gasteiger partial charge in [0, 0.05) is 0 Å². The molecule has 0 bridgehead atoms. The molecular weight excluding hydrogens is 502 g/mol. The van der Waals surface area contributed by atoms with Crippen molar-refractivity contribution in [2.24, 2.45) is 0 Å². The number of alkyl carbamates (subject to hydrolysis) is 1. The van der Waals surface area contributed by atoms with Gasteiger partial charge in [-0.3, -0.25) is 5.32 Å². The molecule has 0 aliphatic heterocycles. The number of amides is 2. The topological polar surface area (TPSA) is 125 Å². The normalized spacial score (nSPS) is 11.6. The van der Waals surface area contributed by atoms with Crippen molar-refractivity contribution in [1.82, 2.24) is 10.3 Å². The number of carbonyl (C=O) groups is 3. The van der Waals surface area contributed by atoms with Crippen LogP contribution in [0.15, 0.2) is 72.8 Å². The van der Waals surface area contributed by atoms with Gasteiger partial charge in [-0.1, -0.05) is 60.7 Å². The van der Waals surface area contributed by atoms with Crippen molar-refractivity contribution in [3.8, 4) is 5.75 Å². The SMILES string of the molecule is COC(=O)c1nc(NC(=O)OCc2ccccc2)ccc1OC[C@@H](Cc1ccccc1)NC(=O)OC(C)(C)C. The van der Waals surface area contributed by atoms with E-state index in [1.807, 2.05) is 60.7 Å². The minimum atomic E-state index is -0.758. The van der Waals surface area contributed by atoms with Crippen LogP contribution in [0.3, 0.4) is 0 Å². The molecule has 10 nitrogen and oxygen atoms in total. The zero-order valence-corrected chi connectivity index (χ0v) is 22.4. The molecule has 3 rings (SSSR count). The Morgan fingerprint density at radius 1 is 0.872 bits per heavy atom. The van der Waals surface area contributed by atoms with E-state index < -0.39 is 29.8 Å². The second kappa shape index (κ2) is 13.8. The molecule has 0 unspecified atom stereocenters. The summed E-state index contributed by atoms with van der Waals surface area (Å²) >= 11 is 0. The largest absolute Gasteiger partial charge is 0.489 e. The zero-order valence-electron chi connectivity index (χ0n) is 22.4. The second-order valence-corrected chi connectivity index (χ2v) is 9.57. The van der Waals surface area contributed by atoms with Crippen LogP contribution < -0.4 is 15.4 Å².